The highest BCUT2D eigenvalue weighted by atomic mass is 32.2. The summed E-state index contributed by atoms with van der Waals surface area (Å²) in [6.45, 7) is 5.59. The van der Waals surface area contributed by atoms with Crippen molar-refractivity contribution in [3.05, 3.63) is 0 Å². The predicted molar refractivity (Wildman–Crippen MR) is 119 cm³/mol. The van der Waals surface area contributed by atoms with Crippen LogP contribution in [0.3, 0.4) is 0 Å². The van der Waals surface area contributed by atoms with Crippen molar-refractivity contribution < 1.29 is 62.4 Å². The van der Waals surface area contributed by atoms with Crippen LogP contribution >= 0.6 is 11.8 Å². The second-order valence-electron chi connectivity index (χ2n) is 7.68. The van der Waals surface area contributed by atoms with E-state index in [9.17, 15) is 38.7 Å². The molecule has 0 spiro atoms. The fourth-order valence-corrected chi connectivity index (χ4v) is 5.06. The van der Waals surface area contributed by atoms with Crippen molar-refractivity contribution in [1.29, 1.82) is 0 Å². The molecule has 0 aromatic rings. The largest absolute Gasteiger partial charge is 0.480 e. The Morgan fingerprint density at radius 3 is 1.69 bits per heavy atom. The first kappa shape index (κ1) is 30.7. The summed E-state index contributed by atoms with van der Waals surface area (Å²) in [5, 5.41) is 8.35. The molecule has 0 aliphatic carbocycles. The summed E-state index contributed by atoms with van der Waals surface area (Å²) in [5.41, 5.74) is 0. The topological polar surface area (TPSA) is 189 Å². The van der Waals surface area contributed by atoms with Gasteiger partial charge in [0.05, 0.1) is 0 Å². The molecule has 1 aliphatic heterocycles. The number of carbonyl (C=O) groups excluding carboxylic acids is 6. The summed E-state index contributed by atoms with van der Waals surface area (Å²) in [7, 11) is 0. The van der Waals surface area contributed by atoms with Gasteiger partial charge in [-0.05, 0) is 0 Å². The monoisotopic (exact) mass is 535 g/mol. The van der Waals surface area contributed by atoms with E-state index in [1.165, 1.54) is 0 Å². The Morgan fingerprint density at radius 1 is 0.778 bits per heavy atom. The highest BCUT2D eigenvalue weighted by Crippen LogP contribution is 2.36. The Kier molecular flexibility index (Phi) is 11.6. The third kappa shape index (κ3) is 9.02. The van der Waals surface area contributed by atoms with Gasteiger partial charge in [-0.2, -0.15) is 0 Å². The molecule has 6 atom stereocenters. The molecule has 0 bridgehead atoms. The Bertz CT molecular complexity index is 891. The molecular weight excluding hydrogens is 506 g/mol. The lowest BCUT2D eigenvalue weighted by atomic mass is 10.0. The molecule has 0 aromatic carbocycles. The van der Waals surface area contributed by atoms with Gasteiger partial charge in [-0.15, -0.1) is 11.8 Å². The summed E-state index contributed by atoms with van der Waals surface area (Å²) >= 11 is 0.923. The molecule has 0 aromatic heterocycles. The number of esters is 5. The first-order valence-corrected chi connectivity index (χ1v) is 11.7. The molecule has 0 saturated carbocycles. The van der Waals surface area contributed by atoms with Gasteiger partial charge >= 0.3 is 35.8 Å². The number of thioether (sulfide) groups is 1. The van der Waals surface area contributed by atoms with Crippen molar-refractivity contribution in [2.24, 2.45) is 0 Å². The molecule has 0 radical (unpaired) electrons. The smallest absolute Gasteiger partial charge is 0.327 e. The number of carboxylic acids is 1. The number of carbonyl (C=O) groups is 7. The zero-order valence-electron chi connectivity index (χ0n) is 20.6. The number of amides is 1. The minimum atomic E-state index is -1.72. The molecule has 1 aliphatic rings. The quantitative estimate of drug-likeness (QED) is 0.267. The van der Waals surface area contributed by atoms with E-state index >= 15 is 0 Å². The van der Waals surface area contributed by atoms with E-state index in [4.69, 9.17) is 23.7 Å². The summed E-state index contributed by atoms with van der Waals surface area (Å²) < 4.78 is 26.1. The van der Waals surface area contributed by atoms with Crippen molar-refractivity contribution in [3.63, 3.8) is 0 Å². The average Bonchev–Trinajstić information content (AvgIpc) is 3.17. The highest BCUT2D eigenvalue weighted by molar-refractivity contribution is 8.00. The van der Waals surface area contributed by atoms with Gasteiger partial charge in [0.1, 0.15) is 18.0 Å². The molecule has 1 fully saturated rings. The normalized spacial score (nSPS) is 20.2. The fraction of sp³-hybridized carbons (Fsp3) is 0.667. The van der Waals surface area contributed by atoms with Gasteiger partial charge in [0, 0.05) is 47.3 Å². The van der Waals surface area contributed by atoms with E-state index < -0.39 is 84.2 Å². The van der Waals surface area contributed by atoms with Crippen molar-refractivity contribution in [1.82, 2.24) is 4.90 Å². The number of carboxylic acid groups (broad SMARTS) is 1. The van der Waals surface area contributed by atoms with Gasteiger partial charge in [-0.25, -0.2) is 4.79 Å². The molecule has 6 unspecified atom stereocenters. The third-order valence-corrected chi connectivity index (χ3v) is 6.00. The summed E-state index contributed by atoms with van der Waals surface area (Å²) in [6.07, 6.45) is -6.55. The molecule has 1 rings (SSSR count). The number of aliphatic carboxylic acids is 1. The van der Waals surface area contributed by atoms with Crippen LogP contribution in [0.25, 0.3) is 0 Å². The van der Waals surface area contributed by atoms with Gasteiger partial charge in [0.25, 0.3) is 0 Å². The van der Waals surface area contributed by atoms with E-state index in [-0.39, 0.29) is 5.75 Å². The first-order chi connectivity index (χ1) is 16.6. The van der Waals surface area contributed by atoms with Gasteiger partial charge in [-0.1, -0.05) is 0 Å². The second-order valence-corrected chi connectivity index (χ2v) is 8.83. The van der Waals surface area contributed by atoms with Crippen LogP contribution in [0.2, 0.25) is 0 Å². The first-order valence-electron chi connectivity index (χ1n) is 10.6. The Labute approximate surface area is 210 Å². The molecule has 202 valence electrons. The maximum Gasteiger partial charge on any atom is 0.327 e. The Balaban J connectivity index is 3.69. The molecule has 36 heavy (non-hydrogen) atoms. The van der Waals surface area contributed by atoms with Gasteiger partial charge in [0.2, 0.25) is 5.91 Å². The third-order valence-electron chi connectivity index (χ3n) is 4.65. The standard InChI is InChI=1S/C21H29NO13S/c1-9(23)22-15(21(29)30)8-36-20(22)19(35-14(6)28)18(34-13(5)27)17(33-12(4)26)16(32-11(3)25)7-31-10(2)24/h15-20H,7-8H2,1-6H3,(H,29,30). The van der Waals surface area contributed by atoms with Crippen molar-refractivity contribution in [2.45, 2.75) is 77.4 Å². The zero-order valence-corrected chi connectivity index (χ0v) is 21.4. The lowest BCUT2D eigenvalue weighted by molar-refractivity contribution is -0.205. The SMILES string of the molecule is CC(=O)OCC(OC(C)=O)C(OC(C)=O)C(OC(C)=O)C(OC(C)=O)C1SCC(C(=O)O)N1C(C)=O. The van der Waals surface area contributed by atoms with Crippen molar-refractivity contribution in [2.75, 3.05) is 12.4 Å². The van der Waals surface area contributed by atoms with Crippen LogP contribution in [-0.2, 0) is 57.2 Å². The zero-order chi connectivity index (χ0) is 27.7. The van der Waals surface area contributed by atoms with Gasteiger partial charge in [-0.3, -0.25) is 28.8 Å². The number of hydrogen-bond acceptors (Lipinski definition) is 13. The molecule has 1 N–H and O–H groups in total. The number of rotatable bonds is 11. The van der Waals surface area contributed by atoms with Crippen molar-refractivity contribution in [3.8, 4) is 0 Å². The lowest BCUT2D eigenvalue weighted by Gasteiger charge is -2.39. The molecule has 1 saturated heterocycles. The second kappa shape index (κ2) is 13.7. The number of nitrogens with zero attached hydrogens (tertiary/aromatic N) is 1. The van der Waals surface area contributed by atoms with Crippen LogP contribution in [0.4, 0.5) is 0 Å². The Hall–Kier alpha value is -3.36. The van der Waals surface area contributed by atoms with Crippen LogP contribution in [-0.4, -0.2) is 99.9 Å². The summed E-state index contributed by atoms with van der Waals surface area (Å²) in [5.74, 6) is -6.50. The Morgan fingerprint density at radius 2 is 1.28 bits per heavy atom. The van der Waals surface area contributed by atoms with E-state index in [1.807, 2.05) is 0 Å². The van der Waals surface area contributed by atoms with E-state index in [2.05, 4.69) is 0 Å². The van der Waals surface area contributed by atoms with E-state index in [1.54, 1.807) is 0 Å². The molecule has 14 nitrogen and oxygen atoms in total. The minimum absolute atomic E-state index is 0.0941. The number of ether oxygens (including phenoxy) is 5. The highest BCUT2D eigenvalue weighted by Gasteiger charge is 2.53. The van der Waals surface area contributed by atoms with Crippen LogP contribution in [0.1, 0.15) is 41.5 Å². The van der Waals surface area contributed by atoms with Crippen molar-refractivity contribution >= 4 is 53.5 Å². The summed E-state index contributed by atoms with van der Waals surface area (Å²) in [6, 6.07) is -1.30. The van der Waals surface area contributed by atoms with Crippen LogP contribution in [0.15, 0.2) is 0 Å². The fourth-order valence-electron chi connectivity index (χ4n) is 3.52. The van der Waals surface area contributed by atoms with Crippen LogP contribution < -0.4 is 0 Å². The van der Waals surface area contributed by atoms with E-state index in [0.29, 0.717) is 0 Å². The maximum atomic E-state index is 12.4. The average molecular weight is 536 g/mol. The van der Waals surface area contributed by atoms with Gasteiger partial charge < -0.3 is 33.7 Å². The predicted octanol–water partition coefficient (Wildman–Crippen LogP) is -0.349. The molecule has 1 amide bonds. The molecule has 15 heteroatoms. The van der Waals surface area contributed by atoms with Gasteiger partial charge in [0.15, 0.2) is 24.4 Å². The minimum Gasteiger partial charge on any atom is -0.480 e. The molecule has 1 heterocycles. The maximum absolute atomic E-state index is 12.4. The van der Waals surface area contributed by atoms with Crippen LogP contribution in [0.5, 0.6) is 0 Å². The molecular formula is C21H29NO13S. The van der Waals surface area contributed by atoms with E-state index in [0.717, 1.165) is 58.2 Å². The summed E-state index contributed by atoms with van der Waals surface area (Å²) in [4.78, 5) is 84.4. The van der Waals surface area contributed by atoms with Crippen LogP contribution in [0, 0.1) is 0 Å². The number of hydrogen-bond donors (Lipinski definition) is 1. The lowest BCUT2D eigenvalue weighted by Crippen LogP contribution is -2.59.